The molecule has 1 aliphatic rings. The average Bonchev–Trinajstić information content (AvgIpc) is 2.63. The van der Waals surface area contributed by atoms with Crippen molar-refractivity contribution in [1.82, 2.24) is 0 Å². The van der Waals surface area contributed by atoms with E-state index in [-0.39, 0.29) is 5.91 Å². The zero-order chi connectivity index (χ0) is 18.4. The molecule has 1 heterocycles. The van der Waals surface area contributed by atoms with E-state index >= 15 is 0 Å². The van der Waals surface area contributed by atoms with Gasteiger partial charge >= 0.3 is 0 Å². The molecule has 1 fully saturated rings. The number of rotatable bonds is 6. The number of amides is 1. The summed E-state index contributed by atoms with van der Waals surface area (Å²) in [5.41, 5.74) is 3.20. The van der Waals surface area contributed by atoms with Crippen molar-refractivity contribution >= 4 is 17.3 Å². The van der Waals surface area contributed by atoms with Gasteiger partial charge in [-0.2, -0.15) is 0 Å². The van der Waals surface area contributed by atoms with Crippen molar-refractivity contribution in [2.75, 3.05) is 50.1 Å². The second kappa shape index (κ2) is 8.72. The molecular weight excluding hydrogens is 326 g/mol. The van der Waals surface area contributed by atoms with Crippen LogP contribution in [0.3, 0.4) is 0 Å². The first-order valence-corrected chi connectivity index (χ1v) is 9.26. The summed E-state index contributed by atoms with van der Waals surface area (Å²) in [7, 11) is 2.23. The van der Waals surface area contributed by atoms with Crippen LogP contribution >= 0.6 is 0 Å². The van der Waals surface area contributed by atoms with Gasteiger partial charge in [-0.25, -0.2) is 0 Å². The molecule has 5 nitrogen and oxygen atoms in total. The molecule has 0 unspecified atom stereocenters. The highest BCUT2D eigenvalue weighted by Gasteiger charge is 2.16. The normalized spacial score (nSPS) is 14.9. The maximum absolute atomic E-state index is 12.1. The summed E-state index contributed by atoms with van der Waals surface area (Å²) in [6.45, 7) is 6.88. The Morgan fingerprint density at radius 2 is 1.88 bits per heavy atom. The number of quaternary nitrogens is 1. The predicted molar refractivity (Wildman–Crippen MR) is 105 cm³/mol. The molecule has 0 aromatic heterocycles. The number of nitrogens with zero attached hydrogens (tertiary/aromatic N) is 1. The van der Waals surface area contributed by atoms with E-state index in [1.165, 1.54) is 18.8 Å². The van der Waals surface area contributed by atoms with Gasteiger partial charge in [-0.15, -0.1) is 0 Å². The molecule has 1 amide bonds. The molecule has 0 atom stereocenters. The molecular formula is C21H28N3O2+. The van der Waals surface area contributed by atoms with E-state index in [1.54, 1.807) is 4.90 Å². The van der Waals surface area contributed by atoms with E-state index in [0.29, 0.717) is 13.0 Å². The summed E-state index contributed by atoms with van der Waals surface area (Å²) in [6, 6.07) is 16.0. The fraction of sp³-hybridized carbons (Fsp3) is 0.381. The van der Waals surface area contributed by atoms with Crippen LogP contribution in [0.5, 0.6) is 5.75 Å². The Morgan fingerprint density at radius 3 is 2.58 bits per heavy atom. The van der Waals surface area contributed by atoms with Crippen LogP contribution in [0.15, 0.2) is 48.5 Å². The number of carbonyl (C=O) groups excluding carboxylic acids is 1. The van der Waals surface area contributed by atoms with Crippen molar-refractivity contribution in [2.45, 2.75) is 13.3 Å². The number of anilines is 2. The zero-order valence-electron chi connectivity index (χ0n) is 15.6. The minimum atomic E-state index is -0.0337. The third-order valence-electron chi connectivity index (χ3n) is 4.72. The van der Waals surface area contributed by atoms with Crippen molar-refractivity contribution in [1.29, 1.82) is 0 Å². The van der Waals surface area contributed by atoms with Gasteiger partial charge < -0.3 is 19.9 Å². The largest absolute Gasteiger partial charge is 0.493 e. The molecule has 0 saturated carbocycles. The maximum Gasteiger partial charge on any atom is 0.227 e. The van der Waals surface area contributed by atoms with Crippen molar-refractivity contribution in [3.63, 3.8) is 0 Å². The number of hydrogen-bond donors (Lipinski definition) is 2. The summed E-state index contributed by atoms with van der Waals surface area (Å²) in [6.07, 6.45) is 0.330. The Morgan fingerprint density at radius 1 is 1.15 bits per heavy atom. The summed E-state index contributed by atoms with van der Waals surface area (Å²) < 4.78 is 5.63. The quantitative estimate of drug-likeness (QED) is 0.831. The topological polar surface area (TPSA) is 46.0 Å². The molecule has 3 rings (SSSR count). The van der Waals surface area contributed by atoms with E-state index in [0.717, 1.165) is 30.1 Å². The lowest BCUT2D eigenvalue weighted by Gasteiger charge is -2.31. The molecule has 0 spiro atoms. The van der Waals surface area contributed by atoms with Gasteiger partial charge in [-0.3, -0.25) is 4.79 Å². The Hall–Kier alpha value is -2.53. The number of nitrogens with one attached hydrogen (secondary N) is 2. The van der Waals surface area contributed by atoms with Gasteiger partial charge in [0, 0.05) is 11.4 Å². The molecule has 138 valence electrons. The lowest BCUT2D eigenvalue weighted by molar-refractivity contribution is -0.880. The summed E-state index contributed by atoms with van der Waals surface area (Å²) in [5, 5.41) is 2.94. The van der Waals surface area contributed by atoms with E-state index in [9.17, 15) is 4.79 Å². The predicted octanol–water partition coefficient (Wildman–Crippen LogP) is 1.74. The molecule has 2 aromatic carbocycles. The Labute approximate surface area is 155 Å². The first kappa shape index (κ1) is 18.3. The summed E-state index contributed by atoms with van der Waals surface area (Å²) >= 11 is 0. The third-order valence-corrected chi connectivity index (χ3v) is 4.72. The molecule has 5 heteroatoms. The van der Waals surface area contributed by atoms with Crippen LogP contribution in [0.2, 0.25) is 0 Å². The van der Waals surface area contributed by atoms with Gasteiger partial charge in [-0.05, 0) is 48.9 Å². The Balaban J connectivity index is 1.44. The highest BCUT2D eigenvalue weighted by Crippen LogP contribution is 2.18. The number of aryl methyl sites for hydroxylation is 1. The van der Waals surface area contributed by atoms with E-state index in [4.69, 9.17) is 4.74 Å². The van der Waals surface area contributed by atoms with Gasteiger partial charge in [0.25, 0.3) is 0 Å². The number of piperazine rings is 1. The Kier molecular flexibility index (Phi) is 6.12. The van der Waals surface area contributed by atoms with Crippen molar-refractivity contribution in [2.24, 2.45) is 0 Å². The van der Waals surface area contributed by atoms with Crippen molar-refractivity contribution in [3.8, 4) is 5.75 Å². The van der Waals surface area contributed by atoms with E-state index in [2.05, 4.69) is 29.4 Å². The zero-order valence-corrected chi connectivity index (χ0v) is 15.6. The molecule has 26 heavy (non-hydrogen) atoms. The smallest absolute Gasteiger partial charge is 0.227 e. The number of ether oxygens (including phenoxy) is 1. The highest BCUT2D eigenvalue weighted by molar-refractivity contribution is 5.90. The molecule has 2 aromatic rings. The average molecular weight is 354 g/mol. The van der Waals surface area contributed by atoms with Crippen molar-refractivity contribution in [3.05, 3.63) is 54.1 Å². The van der Waals surface area contributed by atoms with Crippen LogP contribution in [0.1, 0.15) is 12.0 Å². The highest BCUT2D eigenvalue weighted by atomic mass is 16.5. The number of likely N-dealkylation sites (N-methyl/N-ethyl adjacent to an activating group) is 1. The minimum Gasteiger partial charge on any atom is -0.493 e. The number of hydrogen-bond acceptors (Lipinski definition) is 3. The van der Waals surface area contributed by atoms with Crippen LogP contribution in [-0.2, 0) is 4.79 Å². The molecule has 1 saturated heterocycles. The SMILES string of the molecule is Cc1cccc(OCCC(=O)Nc2ccc(N3CC[NH+](C)CC3)cc2)c1. The van der Waals surface area contributed by atoms with Gasteiger partial charge in [0.05, 0.1) is 46.3 Å². The first-order chi connectivity index (χ1) is 12.6. The standard InChI is InChI=1S/C21H27N3O2/c1-17-4-3-5-20(16-17)26-15-10-21(25)22-18-6-8-19(9-7-18)24-13-11-23(2)12-14-24/h3-9,16H,10-15H2,1-2H3,(H,22,25)/p+1. The van der Waals surface area contributed by atoms with Crippen LogP contribution < -0.4 is 19.9 Å². The fourth-order valence-electron chi connectivity index (χ4n) is 3.09. The molecule has 0 bridgehead atoms. The lowest BCUT2D eigenvalue weighted by atomic mass is 10.2. The van der Waals surface area contributed by atoms with Gasteiger partial charge in [-0.1, -0.05) is 12.1 Å². The van der Waals surface area contributed by atoms with Gasteiger partial charge in [0.15, 0.2) is 0 Å². The lowest BCUT2D eigenvalue weighted by Crippen LogP contribution is -3.12. The monoisotopic (exact) mass is 354 g/mol. The second-order valence-electron chi connectivity index (χ2n) is 6.95. The molecule has 0 aliphatic carbocycles. The number of carbonyl (C=O) groups is 1. The van der Waals surface area contributed by atoms with Crippen LogP contribution in [0.25, 0.3) is 0 Å². The van der Waals surface area contributed by atoms with Gasteiger partial charge in [0.1, 0.15) is 5.75 Å². The Bertz CT molecular complexity index is 722. The summed E-state index contributed by atoms with van der Waals surface area (Å²) in [4.78, 5) is 16.1. The van der Waals surface area contributed by atoms with Crippen LogP contribution in [0.4, 0.5) is 11.4 Å². The number of benzene rings is 2. The van der Waals surface area contributed by atoms with Crippen molar-refractivity contribution < 1.29 is 14.4 Å². The fourth-order valence-corrected chi connectivity index (χ4v) is 3.09. The second-order valence-corrected chi connectivity index (χ2v) is 6.95. The van der Waals surface area contributed by atoms with Gasteiger partial charge in [0.2, 0.25) is 5.91 Å². The minimum absolute atomic E-state index is 0.0337. The first-order valence-electron chi connectivity index (χ1n) is 9.26. The molecule has 2 N–H and O–H groups in total. The third kappa shape index (κ3) is 5.23. The summed E-state index contributed by atoms with van der Waals surface area (Å²) in [5.74, 6) is 0.768. The molecule has 0 radical (unpaired) electrons. The van der Waals surface area contributed by atoms with E-state index in [1.807, 2.05) is 43.3 Å². The maximum atomic E-state index is 12.1. The molecule has 1 aliphatic heterocycles. The van der Waals surface area contributed by atoms with E-state index < -0.39 is 0 Å². The van der Waals surface area contributed by atoms with Crippen LogP contribution in [-0.4, -0.2) is 45.7 Å². The van der Waals surface area contributed by atoms with Crippen LogP contribution in [0, 0.1) is 6.92 Å².